The van der Waals surface area contributed by atoms with Crippen LogP contribution >= 0.6 is 0 Å². The lowest BCUT2D eigenvalue weighted by Gasteiger charge is -2.07. The van der Waals surface area contributed by atoms with Gasteiger partial charge in [-0.15, -0.1) is 0 Å². The van der Waals surface area contributed by atoms with Gasteiger partial charge in [-0.25, -0.2) is 0 Å². The number of carbonyl (C=O) groups excluding carboxylic acids is 2. The Morgan fingerprint density at radius 3 is 2.21 bits per heavy atom. The molecule has 6 heteroatoms. The van der Waals surface area contributed by atoms with Crippen molar-refractivity contribution in [2.24, 2.45) is 0 Å². The zero-order valence-electron chi connectivity index (χ0n) is 15.7. The molecule has 1 aromatic carbocycles. The van der Waals surface area contributed by atoms with Crippen molar-refractivity contribution in [1.82, 2.24) is 20.6 Å². The summed E-state index contributed by atoms with van der Waals surface area (Å²) in [7, 11) is 0. The van der Waals surface area contributed by atoms with Crippen LogP contribution in [-0.4, -0.2) is 34.9 Å². The molecule has 2 heterocycles. The van der Waals surface area contributed by atoms with E-state index in [1.165, 1.54) is 0 Å². The van der Waals surface area contributed by atoms with Gasteiger partial charge in [0, 0.05) is 37.1 Å². The van der Waals surface area contributed by atoms with Gasteiger partial charge in [0.15, 0.2) is 0 Å². The zero-order valence-corrected chi connectivity index (χ0v) is 15.7. The standard InChI is InChI=1S/C22H24N4O2/c27-21(18-9-7-11-23-15-18)24-12-5-1-2-6-13-25-22(28)19-14-17-8-3-4-10-20(17)26-16-19/h3-4,7-11,14-16H,1-2,5-6,12-13H2,(H,24,27)(H,25,28). The first-order valence-electron chi connectivity index (χ1n) is 9.55. The molecule has 0 radical (unpaired) electrons. The van der Waals surface area contributed by atoms with Crippen molar-refractivity contribution in [2.45, 2.75) is 25.7 Å². The average molecular weight is 376 g/mol. The van der Waals surface area contributed by atoms with Crippen molar-refractivity contribution in [2.75, 3.05) is 13.1 Å². The van der Waals surface area contributed by atoms with Crippen LogP contribution in [0.1, 0.15) is 46.4 Å². The van der Waals surface area contributed by atoms with Gasteiger partial charge in [0.05, 0.1) is 16.6 Å². The lowest BCUT2D eigenvalue weighted by atomic mass is 10.1. The monoisotopic (exact) mass is 376 g/mol. The minimum atomic E-state index is -0.0954. The van der Waals surface area contributed by atoms with Crippen LogP contribution in [-0.2, 0) is 0 Å². The summed E-state index contributed by atoms with van der Waals surface area (Å²) in [5.41, 5.74) is 2.04. The fraction of sp³-hybridized carbons (Fsp3) is 0.273. The van der Waals surface area contributed by atoms with Crippen LogP contribution < -0.4 is 10.6 Å². The van der Waals surface area contributed by atoms with E-state index in [4.69, 9.17) is 0 Å². The number of unbranched alkanes of at least 4 members (excludes halogenated alkanes) is 3. The molecule has 0 fully saturated rings. The number of hydrogen-bond donors (Lipinski definition) is 2. The normalized spacial score (nSPS) is 10.6. The highest BCUT2D eigenvalue weighted by Crippen LogP contribution is 2.12. The van der Waals surface area contributed by atoms with E-state index >= 15 is 0 Å². The number of carbonyl (C=O) groups is 2. The fourth-order valence-electron chi connectivity index (χ4n) is 2.90. The highest BCUT2D eigenvalue weighted by atomic mass is 16.2. The minimum Gasteiger partial charge on any atom is -0.352 e. The van der Waals surface area contributed by atoms with Gasteiger partial charge in [-0.05, 0) is 37.1 Å². The van der Waals surface area contributed by atoms with E-state index in [1.807, 2.05) is 30.3 Å². The lowest BCUT2D eigenvalue weighted by Crippen LogP contribution is -2.25. The second-order valence-corrected chi connectivity index (χ2v) is 6.58. The SMILES string of the molecule is O=C(NCCCCCCNC(=O)c1cnc2ccccc2c1)c1cccnc1. The molecule has 0 spiro atoms. The maximum Gasteiger partial charge on any atom is 0.252 e. The number of hydrogen-bond acceptors (Lipinski definition) is 4. The highest BCUT2D eigenvalue weighted by Gasteiger charge is 2.07. The second-order valence-electron chi connectivity index (χ2n) is 6.58. The van der Waals surface area contributed by atoms with E-state index in [1.54, 1.807) is 30.7 Å². The average Bonchev–Trinajstić information content (AvgIpc) is 2.75. The predicted molar refractivity (Wildman–Crippen MR) is 109 cm³/mol. The smallest absolute Gasteiger partial charge is 0.252 e. The highest BCUT2D eigenvalue weighted by molar-refractivity contribution is 5.97. The maximum absolute atomic E-state index is 12.2. The summed E-state index contributed by atoms with van der Waals surface area (Å²) in [4.78, 5) is 32.3. The fourth-order valence-corrected chi connectivity index (χ4v) is 2.90. The van der Waals surface area contributed by atoms with Gasteiger partial charge in [0.25, 0.3) is 11.8 Å². The van der Waals surface area contributed by atoms with Gasteiger partial charge >= 0.3 is 0 Å². The Bertz CT molecular complexity index is 928. The van der Waals surface area contributed by atoms with Gasteiger partial charge < -0.3 is 10.6 Å². The van der Waals surface area contributed by atoms with E-state index in [9.17, 15) is 9.59 Å². The number of nitrogens with one attached hydrogen (secondary N) is 2. The number of rotatable bonds is 9. The number of aromatic nitrogens is 2. The molecule has 6 nitrogen and oxygen atoms in total. The molecule has 0 saturated carbocycles. The molecule has 2 amide bonds. The number of pyridine rings is 2. The largest absolute Gasteiger partial charge is 0.352 e. The third-order valence-corrected chi connectivity index (χ3v) is 4.45. The van der Waals surface area contributed by atoms with Crippen molar-refractivity contribution in [3.05, 3.63) is 72.2 Å². The van der Waals surface area contributed by atoms with Gasteiger partial charge in [0.2, 0.25) is 0 Å². The molecule has 0 saturated heterocycles. The summed E-state index contributed by atoms with van der Waals surface area (Å²) in [6.07, 6.45) is 8.63. The molecule has 0 bridgehead atoms. The Labute approximate surface area is 164 Å². The van der Waals surface area contributed by atoms with E-state index in [-0.39, 0.29) is 11.8 Å². The van der Waals surface area contributed by atoms with E-state index < -0.39 is 0 Å². The molecule has 144 valence electrons. The van der Waals surface area contributed by atoms with E-state index in [0.29, 0.717) is 24.2 Å². The van der Waals surface area contributed by atoms with Gasteiger partial charge in [-0.3, -0.25) is 19.6 Å². The molecule has 2 N–H and O–H groups in total. The summed E-state index contributed by atoms with van der Waals surface area (Å²) in [5, 5.41) is 6.79. The van der Waals surface area contributed by atoms with Crippen LogP contribution in [0, 0.1) is 0 Å². The number of fused-ring (bicyclic) bond motifs is 1. The van der Waals surface area contributed by atoms with Crippen molar-refractivity contribution < 1.29 is 9.59 Å². The Morgan fingerprint density at radius 2 is 1.50 bits per heavy atom. The third-order valence-electron chi connectivity index (χ3n) is 4.45. The number of amides is 2. The molecule has 3 aromatic rings. The lowest BCUT2D eigenvalue weighted by molar-refractivity contribution is 0.0943. The Kier molecular flexibility index (Phi) is 7.07. The quantitative estimate of drug-likeness (QED) is 0.561. The first kappa shape index (κ1) is 19.5. The van der Waals surface area contributed by atoms with Crippen LogP contribution in [0.25, 0.3) is 10.9 Å². The van der Waals surface area contributed by atoms with Gasteiger partial charge in [-0.2, -0.15) is 0 Å². The van der Waals surface area contributed by atoms with Crippen LogP contribution in [0.3, 0.4) is 0 Å². The molecule has 3 rings (SSSR count). The first-order chi connectivity index (χ1) is 13.7. The molecule has 2 aromatic heterocycles. The molecular weight excluding hydrogens is 352 g/mol. The van der Waals surface area contributed by atoms with Crippen LogP contribution in [0.4, 0.5) is 0 Å². The summed E-state index contributed by atoms with van der Waals surface area (Å²) in [6.45, 7) is 1.27. The predicted octanol–water partition coefficient (Wildman–Crippen LogP) is 3.35. The summed E-state index contributed by atoms with van der Waals surface area (Å²) in [6, 6.07) is 13.1. The molecule has 0 aliphatic rings. The summed E-state index contributed by atoms with van der Waals surface area (Å²) < 4.78 is 0. The van der Waals surface area contributed by atoms with Crippen LogP contribution in [0.15, 0.2) is 61.1 Å². The maximum atomic E-state index is 12.2. The topological polar surface area (TPSA) is 84.0 Å². The van der Waals surface area contributed by atoms with Crippen LogP contribution in [0.2, 0.25) is 0 Å². The van der Waals surface area contributed by atoms with E-state index in [0.717, 1.165) is 36.6 Å². The number of benzene rings is 1. The third kappa shape index (κ3) is 5.61. The zero-order chi connectivity index (χ0) is 19.6. The van der Waals surface area contributed by atoms with Crippen molar-refractivity contribution >= 4 is 22.7 Å². The number of nitrogens with zero attached hydrogens (tertiary/aromatic N) is 2. The Morgan fingerprint density at radius 1 is 0.786 bits per heavy atom. The molecule has 28 heavy (non-hydrogen) atoms. The Balaban J connectivity index is 1.28. The first-order valence-corrected chi connectivity index (χ1v) is 9.55. The molecule has 0 atom stereocenters. The van der Waals surface area contributed by atoms with Gasteiger partial charge in [0.1, 0.15) is 0 Å². The number of para-hydroxylation sites is 1. The van der Waals surface area contributed by atoms with Gasteiger partial charge in [-0.1, -0.05) is 31.0 Å². The van der Waals surface area contributed by atoms with Crippen molar-refractivity contribution in [3.63, 3.8) is 0 Å². The molecular formula is C22H24N4O2. The molecule has 0 aliphatic carbocycles. The molecule has 0 unspecified atom stereocenters. The minimum absolute atomic E-state index is 0.0932. The van der Waals surface area contributed by atoms with Crippen LogP contribution in [0.5, 0.6) is 0 Å². The summed E-state index contributed by atoms with van der Waals surface area (Å²) >= 11 is 0. The second kappa shape index (κ2) is 10.2. The Hall–Kier alpha value is -3.28. The van der Waals surface area contributed by atoms with E-state index in [2.05, 4.69) is 20.6 Å². The molecule has 0 aliphatic heterocycles. The summed E-state index contributed by atoms with van der Waals surface area (Å²) in [5.74, 6) is -0.189. The van der Waals surface area contributed by atoms with Crippen molar-refractivity contribution in [1.29, 1.82) is 0 Å². The van der Waals surface area contributed by atoms with Crippen molar-refractivity contribution in [3.8, 4) is 0 Å².